The second-order valence-corrected chi connectivity index (χ2v) is 5.69. The average molecular weight is 319 g/mol. The molecule has 22 heavy (non-hydrogen) atoms. The van der Waals surface area contributed by atoms with Gasteiger partial charge in [0.15, 0.2) is 0 Å². The predicted octanol–water partition coefficient (Wildman–Crippen LogP) is 4.21. The number of carbonyl (C=O) groups excluding carboxylic acids is 1. The van der Waals surface area contributed by atoms with Crippen molar-refractivity contribution < 1.29 is 4.79 Å². The van der Waals surface area contributed by atoms with E-state index in [0.717, 1.165) is 12.0 Å². The maximum atomic E-state index is 12.4. The smallest absolute Gasteiger partial charge is 0.251 e. The normalized spacial score (nSPS) is 11.6. The number of nitrogens with one attached hydrogen (secondary N) is 1. The Morgan fingerprint density at radius 2 is 1.64 bits per heavy atom. The molecule has 0 fully saturated rings. The minimum atomic E-state index is -0.0653. The molecule has 3 nitrogen and oxygen atoms in total. The Bertz CT molecular complexity index is 582. The van der Waals surface area contributed by atoms with Crippen molar-refractivity contribution >= 4 is 24.0 Å². The zero-order valence-electron chi connectivity index (χ0n) is 13.0. The van der Waals surface area contributed by atoms with E-state index in [4.69, 9.17) is 5.73 Å². The molecule has 4 heteroatoms. The lowest BCUT2D eigenvalue weighted by Gasteiger charge is -2.21. The van der Waals surface area contributed by atoms with E-state index in [1.54, 1.807) is 24.3 Å². The number of nitrogen functional groups attached to an aromatic ring is 1. The highest BCUT2D eigenvalue weighted by Gasteiger charge is 2.16. The van der Waals surface area contributed by atoms with Gasteiger partial charge in [0, 0.05) is 11.3 Å². The van der Waals surface area contributed by atoms with Crippen LogP contribution in [0, 0.1) is 5.92 Å². The molecule has 2 aromatic carbocycles. The summed E-state index contributed by atoms with van der Waals surface area (Å²) in [5, 5.41) is 3.12. The fourth-order valence-corrected chi connectivity index (χ4v) is 2.31. The number of hydrogen-bond donors (Lipinski definition) is 2. The number of anilines is 1. The zero-order valence-corrected chi connectivity index (χ0v) is 13.8. The molecule has 0 aliphatic heterocycles. The van der Waals surface area contributed by atoms with E-state index >= 15 is 0 Å². The van der Waals surface area contributed by atoms with Crippen LogP contribution in [0.5, 0.6) is 0 Å². The predicted molar refractivity (Wildman–Crippen MR) is 94.2 cm³/mol. The quantitative estimate of drug-likeness (QED) is 0.811. The Hall–Kier alpha value is -2.00. The van der Waals surface area contributed by atoms with Crippen molar-refractivity contribution in [1.29, 1.82) is 0 Å². The monoisotopic (exact) mass is 318 g/mol. The van der Waals surface area contributed by atoms with Crippen LogP contribution in [0.4, 0.5) is 5.69 Å². The molecule has 0 radical (unpaired) electrons. The standard InChI is InChI=1S/C18H22N2O.ClH/c1-13(2)12-17(14-6-4-3-5-7-14)20-18(21)15-8-10-16(19)11-9-15;/h3-11,13,17H,12,19H2,1-2H3,(H,20,21);1H. The molecule has 118 valence electrons. The first-order valence-corrected chi connectivity index (χ1v) is 7.27. The number of benzene rings is 2. The third kappa shape index (κ3) is 5.08. The van der Waals surface area contributed by atoms with Crippen molar-refractivity contribution in [3.05, 3.63) is 65.7 Å². The second-order valence-electron chi connectivity index (χ2n) is 5.69. The Kier molecular flexibility index (Phi) is 6.93. The molecular formula is C18H23ClN2O. The van der Waals surface area contributed by atoms with Crippen molar-refractivity contribution in [2.24, 2.45) is 5.92 Å². The van der Waals surface area contributed by atoms with Crippen LogP contribution in [-0.2, 0) is 0 Å². The summed E-state index contributed by atoms with van der Waals surface area (Å²) < 4.78 is 0. The summed E-state index contributed by atoms with van der Waals surface area (Å²) in [6.07, 6.45) is 0.907. The molecule has 0 saturated carbocycles. The van der Waals surface area contributed by atoms with E-state index in [1.807, 2.05) is 18.2 Å². The van der Waals surface area contributed by atoms with Crippen LogP contribution < -0.4 is 11.1 Å². The van der Waals surface area contributed by atoms with Gasteiger partial charge in [-0.3, -0.25) is 4.79 Å². The number of halogens is 1. The molecule has 0 heterocycles. The first-order chi connectivity index (χ1) is 10.1. The molecule has 2 aromatic rings. The molecule has 2 rings (SSSR count). The zero-order chi connectivity index (χ0) is 15.2. The molecule has 0 saturated heterocycles. The molecular weight excluding hydrogens is 296 g/mol. The van der Waals surface area contributed by atoms with Gasteiger partial charge in [0.1, 0.15) is 0 Å². The Morgan fingerprint density at radius 3 is 2.18 bits per heavy atom. The van der Waals surface area contributed by atoms with E-state index in [9.17, 15) is 4.79 Å². The third-order valence-electron chi connectivity index (χ3n) is 3.39. The summed E-state index contributed by atoms with van der Waals surface area (Å²) in [4.78, 5) is 12.4. The number of rotatable bonds is 5. The van der Waals surface area contributed by atoms with Crippen molar-refractivity contribution in [1.82, 2.24) is 5.32 Å². The van der Waals surface area contributed by atoms with E-state index in [2.05, 4.69) is 31.3 Å². The average Bonchev–Trinajstić information content (AvgIpc) is 2.47. The van der Waals surface area contributed by atoms with Crippen molar-refractivity contribution in [2.45, 2.75) is 26.3 Å². The summed E-state index contributed by atoms with van der Waals surface area (Å²) >= 11 is 0. The van der Waals surface area contributed by atoms with E-state index in [-0.39, 0.29) is 24.4 Å². The fourth-order valence-electron chi connectivity index (χ4n) is 2.31. The van der Waals surface area contributed by atoms with Crippen LogP contribution in [0.25, 0.3) is 0 Å². The minimum absolute atomic E-state index is 0. The van der Waals surface area contributed by atoms with Crippen molar-refractivity contribution in [2.75, 3.05) is 5.73 Å². The highest BCUT2D eigenvalue weighted by atomic mass is 35.5. The highest BCUT2D eigenvalue weighted by molar-refractivity contribution is 5.94. The summed E-state index contributed by atoms with van der Waals surface area (Å²) in [6, 6.07) is 17.1. The molecule has 0 bridgehead atoms. The SMILES string of the molecule is CC(C)CC(NC(=O)c1ccc(N)cc1)c1ccccc1.Cl. The lowest BCUT2D eigenvalue weighted by molar-refractivity contribution is 0.0932. The summed E-state index contributed by atoms with van der Waals surface area (Å²) in [5.74, 6) is 0.437. The molecule has 0 aromatic heterocycles. The largest absolute Gasteiger partial charge is 0.399 e. The molecule has 1 atom stereocenters. The molecule has 3 N–H and O–H groups in total. The lowest BCUT2D eigenvalue weighted by Crippen LogP contribution is -2.29. The first-order valence-electron chi connectivity index (χ1n) is 7.27. The summed E-state index contributed by atoms with van der Waals surface area (Å²) in [6.45, 7) is 4.32. The number of nitrogens with two attached hydrogens (primary N) is 1. The van der Waals surface area contributed by atoms with Gasteiger partial charge in [-0.2, -0.15) is 0 Å². The van der Waals surface area contributed by atoms with Gasteiger partial charge in [-0.1, -0.05) is 44.2 Å². The van der Waals surface area contributed by atoms with Gasteiger partial charge in [-0.25, -0.2) is 0 Å². The molecule has 1 amide bonds. The van der Waals surface area contributed by atoms with Crippen molar-refractivity contribution in [3.8, 4) is 0 Å². The van der Waals surface area contributed by atoms with Gasteiger partial charge in [-0.15, -0.1) is 12.4 Å². The van der Waals surface area contributed by atoms with Crippen LogP contribution in [0.1, 0.15) is 42.2 Å². The van der Waals surface area contributed by atoms with Gasteiger partial charge in [-0.05, 0) is 42.2 Å². The fraction of sp³-hybridized carbons (Fsp3) is 0.278. The maximum absolute atomic E-state index is 12.4. The van der Waals surface area contributed by atoms with Crippen LogP contribution >= 0.6 is 12.4 Å². The van der Waals surface area contributed by atoms with Crippen LogP contribution in [0.15, 0.2) is 54.6 Å². The van der Waals surface area contributed by atoms with E-state index < -0.39 is 0 Å². The van der Waals surface area contributed by atoms with Crippen molar-refractivity contribution in [3.63, 3.8) is 0 Å². The molecule has 0 aliphatic rings. The van der Waals surface area contributed by atoms with E-state index in [0.29, 0.717) is 17.2 Å². The Morgan fingerprint density at radius 1 is 1.05 bits per heavy atom. The highest BCUT2D eigenvalue weighted by Crippen LogP contribution is 2.21. The first kappa shape index (κ1) is 18.1. The van der Waals surface area contributed by atoms with Crippen LogP contribution in [0.3, 0.4) is 0 Å². The molecule has 0 spiro atoms. The molecule has 0 aliphatic carbocycles. The maximum Gasteiger partial charge on any atom is 0.251 e. The third-order valence-corrected chi connectivity index (χ3v) is 3.39. The van der Waals surface area contributed by atoms with Gasteiger partial charge in [0.05, 0.1) is 6.04 Å². The van der Waals surface area contributed by atoms with Gasteiger partial charge >= 0.3 is 0 Å². The van der Waals surface area contributed by atoms with Crippen LogP contribution in [0.2, 0.25) is 0 Å². The summed E-state index contributed by atoms with van der Waals surface area (Å²) in [7, 11) is 0. The lowest BCUT2D eigenvalue weighted by atomic mass is 9.96. The Labute approximate surface area is 138 Å². The van der Waals surface area contributed by atoms with Crippen LogP contribution in [-0.4, -0.2) is 5.91 Å². The van der Waals surface area contributed by atoms with E-state index in [1.165, 1.54) is 0 Å². The molecule has 1 unspecified atom stereocenters. The number of carbonyl (C=O) groups is 1. The van der Waals surface area contributed by atoms with Gasteiger partial charge in [0.2, 0.25) is 0 Å². The number of hydrogen-bond acceptors (Lipinski definition) is 2. The Balaban J connectivity index is 0.00000242. The number of amides is 1. The second kappa shape index (κ2) is 8.44. The minimum Gasteiger partial charge on any atom is -0.399 e. The van der Waals surface area contributed by atoms with Gasteiger partial charge in [0.25, 0.3) is 5.91 Å². The van der Waals surface area contributed by atoms with Gasteiger partial charge < -0.3 is 11.1 Å². The topological polar surface area (TPSA) is 55.1 Å². The summed E-state index contributed by atoms with van der Waals surface area (Å²) in [5.41, 5.74) is 8.08.